The van der Waals surface area contributed by atoms with E-state index in [2.05, 4.69) is 6.58 Å². The Bertz CT molecular complexity index is 230. The predicted octanol–water partition coefficient (Wildman–Crippen LogP) is 1.91. The molecule has 0 aliphatic heterocycles. The Labute approximate surface area is 59.4 Å². The van der Waals surface area contributed by atoms with Gasteiger partial charge in [0.25, 0.3) is 0 Å². The van der Waals surface area contributed by atoms with Crippen LogP contribution in [0.15, 0.2) is 37.1 Å². The highest BCUT2D eigenvalue weighted by molar-refractivity contribution is 5.31. The second-order valence-electron chi connectivity index (χ2n) is 1.78. The van der Waals surface area contributed by atoms with E-state index in [1.807, 2.05) is 0 Å². The van der Waals surface area contributed by atoms with E-state index < -0.39 is 0 Å². The lowest BCUT2D eigenvalue weighted by Crippen LogP contribution is -1.78. The fraction of sp³-hybridized carbons (Fsp3) is 0. The van der Waals surface area contributed by atoms with E-state index in [9.17, 15) is 0 Å². The van der Waals surface area contributed by atoms with Crippen LogP contribution in [0.3, 0.4) is 0 Å². The molecule has 1 N–H and O–H groups in total. The maximum absolute atomic E-state index is 8.93. The number of aromatic hydroxyl groups is 1. The van der Waals surface area contributed by atoms with E-state index in [1.54, 1.807) is 18.2 Å². The first kappa shape index (κ1) is 6.68. The summed E-state index contributed by atoms with van der Waals surface area (Å²) in [4.78, 5) is 0. The molecule has 0 saturated heterocycles. The molecule has 0 aliphatic carbocycles. The Morgan fingerprint density at radius 2 is 2.30 bits per heavy atom. The molecule has 0 radical (unpaired) electrons. The second-order valence-corrected chi connectivity index (χ2v) is 1.78. The molecule has 0 amide bonds. The Morgan fingerprint density at radius 3 is 2.90 bits per heavy atom. The summed E-state index contributed by atoms with van der Waals surface area (Å²) in [7, 11) is 0. The molecule has 1 rings (SSSR count). The van der Waals surface area contributed by atoms with Gasteiger partial charge in [-0.25, -0.2) is 0 Å². The highest BCUT2D eigenvalue weighted by Crippen LogP contribution is 2.17. The van der Waals surface area contributed by atoms with E-state index in [4.69, 9.17) is 9.84 Å². The van der Waals surface area contributed by atoms with E-state index >= 15 is 0 Å². The van der Waals surface area contributed by atoms with Crippen molar-refractivity contribution in [2.24, 2.45) is 0 Å². The van der Waals surface area contributed by atoms with Gasteiger partial charge < -0.3 is 9.84 Å². The number of phenols is 1. The zero-order chi connectivity index (χ0) is 7.40. The molecule has 10 heavy (non-hydrogen) atoms. The fourth-order valence-corrected chi connectivity index (χ4v) is 0.653. The zero-order valence-corrected chi connectivity index (χ0v) is 5.45. The number of benzene rings is 1. The largest absolute Gasteiger partial charge is 0.508 e. The van der Waals surface area contributed by atoms with Gasteiger partial charge in [-0.05, 0) is 12.1 Å². The Balaban J connectivity index is 2.84. The Hall–Kier alpha value is -1.44. The minimum atomic E-state index is 0.194. The standard InChI is InChI=1S/C8H8O2/c1-2-10-8-5-3-4-7(9)6-8/h2-6,9H,1H2. The molecule has 0 heterocycles. The maximum atomic E-state index is 8.93. The van der Waals surface area contributed by atoms with Gasteiger partial charge in [0.05, 0.1) is 6.26 Å². The highest BCUT2D eigenvalue weighted by Gasteiger charge is 1.90. The van der Waals surface area contributed by atoms with Crippen molar-refractivity contribution in [3.8, 4) is 11.5 Å². The topological polar surface area (TPSA) is 29.5 Å². The highest BCUT2D eigenvalue weighted by atomic mass is 16.5. The van der Waals surface area contributed by atoms with Crippen molar-refractivity contribution in [1.82, 2.24) is 0 Å². The molecule has 0 atom stereocenters. The molecule has 0 aliphatic rings. The number of phenolic OH excluding ortho intramolecular Hbond substituents is 1. The first-order chi connectivity index (χ1) is 4.83. The van der Waals surface area contributed by atoms with Crippen LogP contribution in [-0.2, 0) is 0 Å². The summed E-state index contributed by atoms with van der Waals surface area (Å²) < 4.78 is 4.89. The molecule has 1 aromatic rings. The Kier molecular flexibility index (Phi) is 1.95. The number of hydrogen-bond donors (Lipinski definition) is 1. The molecular formula is C8H8O2. The van der Waals surface area contributed by atoms with Crippen LogP contribution in [0.4, 0.5) is 0 Å². The van der Waals surface area contributed by atoms with Crippen LogP contribution in [0.25, 0.3) is 0 Å². The summed E-state index contributed by atoms with van der Waals surface area (Å²) >= 11 is 0. The molecule has 0 bridgehead atoms. The average Bonchev–Trinajstić information content (AvgIpc) is 1.88. The predicted molar refractivity (Wildman–Crippen MR) is 38.9 cm³/mol. The number of hydrogen-bond acceptors (Lipinski definition) is 2. The van der Waals surface area contributed by atoms with Gasteiger partial charge in [-0.3, -0.25) is 0 Å². The van der Waals surface area contributed by atoms with E-state index in [-0.39, 0.29) is 5.75 Å². The summed E-state index contributed by atoms with van der Waals surface area (Å²) in [6, 6.07) is 6.53. The Morgan fingerprint density at radius 1 is 1.50 bits per heavy atom. The minimum Gasteiger partial charge on any atom is -0.508 e. The van der Waals surface area contributed by atoms with Gasteiger partial charge in [0, 0.05) is 6.07 Å². The molecule has 52 valence electrons. The van der Waals surface area contributed by atoms with Crippen LogP contribution in [0, 0.1) is 0 Å². The van der Waals surface area contributed by atoms with Crippen LogP contribution >= 0.6 is 0 Å². The molecule has 0 aromatic heterocycles. The zero-order valence-electron chi connectivity index (χ0n) is 5.45. The van der Waals surface area contributed by atoms with Crippen molar-refractivity contribution >= 4 is 0 Å². The van der Waals surface area contributed by atoms with E-state index in [0.29, 0.717) is 5.75 Å². The quantitative estimate of drug-likeness (QED) is 0.629. The third kappa shape index (κ3) is 1.52. The van der Waals surface area contributed by atoms with Gasteiger partial charge in [0.2, 0.25) is 0 Å². The molecular weight excluding hydrogens is 128 g/mol. The summed E-state index contributed by atoms with van der Waals surface area (Å²) in [5.41, 5.74) is 0. The van der Waals surface area contributed by atoms with Gasteiger partial charge in [-0.2, -0.15) is 0 Å². The van der Waals surface area contributed by atoms with E-state index in [0.717, 1.165) is 0 Å². The van der Waals surface area contributed by atoms with Gasteiger partial charge in [0.15, 0.2) is 0 Å². The molecule has 0 spiro atoms. The molecule has 0 saturated carbocycles. The molecule has 2 nitrogen and oxygen atoms in total. The van der Waals surface area contributed by atoms with Crippen molar-refractivity contribution in [1.29, 1.82) is 0 Å². The lowest BCUT2D eigenvalue weighted by molar-refractivity contribution is 0.455. The van der Waals surface area contributed by atoms with Crippen molar-refractivity contribution in [2.75, 3.05) is 0 Å². The lowest BCUT2D eigenvalue weighted by atomic mass is 10.3. The summed E-state index contributed by atoms with van der Waals surface area (Å²) in [5, 5.41) is 8.93. The van der Waals surface area contributed by atoms with Crippen LogP contribution in [0.1, 0.15) is 0 Å². The summed E-state index contributed by atoms with van der Waals surface area (Å²) in [6.07, 6.45) is 1.31. The third-order valence-corrected chi connectivity index (χ3v) is 1.04. The summed E-state index contributed by atoms with van der Waals surface area (Å²) in [5.74, 6) is 0.786. The number of rotatable bonds is 2. The van der Waals surface area contributed by atoms with Crippen LogP contribution in [0.2, 0.25) is 0 Å². The first-order valence-corrected chi connectivity index (χ1v) is 2.89. The lowest BCUT2D eigenvalue weighted by Gasteiger charge is -1.97. The van der Waals surface area contributed by atoms with E-state index in [1.165, 1.54) is 12.3 Å². The smallest absolute Gasteiger partial charge is 0.130 e. The molecule has 0 fully saturated rings. The van der Waals surface area contributed by atoms with Gasteiger partial charge in [-0.1, -0.05) is 12.6 Å². The normalized spacial score (nSPS) is 8.80. The SMILES string of the molecule is C=COc1cccc(O)c1. The van der Waals surface area contributed by atoms with Gasteiger partial charge >= 0.3 is 0 Å². The maximum Gasteiger partial charge on any atom is 0.130 e. The van der Waals surface area contributed by atoms with Crippen molar-refractivity contribution < 1.29 is 9.84 Å². The number of ether oxygens (including phenoxy) is 1. The van der Waals surface area contributed by atoms with Gasteiger partial charge in [0.1, 0.15) is 11.5 Å². The van der Waals surface area contributed by atoms with Crippen molar-refractivity contribution in [3.05, 3.63) is 37.1 Å². The van der Waals surface area contributed by atoms with Crippen LogP contribution < -0.4 is 4.74 Å². The molecule has 1 aromatic carbocycles. The second kappa shape index (κ2) is 2.92. The summed E-state index contributed by atoms with van der Waals surface area (Å²) in [6.45, 7) is 3.38. The molecule has 2 heteroatoms. The fourth-order valence-electron chi connectivity index (χ4n) is 0.653. The van der Waals surface area contributed by atoms with Crippen LogP contribution in [0.5, 0.6) is 11.5 Å². The van der Waals surface area contributed by atoms with Gasteiger partial charge in [-0.15, -0.1) is 0 Å². The van der Waals surface area contributed by atoms with Crippen LogP contribution in [-0.4, -0.2) is 5.11 Å². The third-order valence-electron chi connectivity index (χ3n) is 1.04. The van der Waals surface area contributed by atoms with Crippen molar-refractivity contribution in [3.63, 3.8) is 0 Å². The first-order valence-electron chi connectivity index (χ1n) is 2.89. The minimum absolute atomic E-state index is 0.194. The monoisotopic (exact) mass is 136 g/mol. The average molecular weight is 136 g/mol. The van der Waals surface area contributed by atoms with Crippen molar-refractivity contribution in [2.45, 2.75) is 0 Å². The molecule has 0 unspecified atom stereocenters.